The van der Waals surface area contributed by atoms with Gasteiger partial charge in [0, 0.05) is 49.5 Å². The zero-order chi connectivity index (χ0) is 15.5. The van der Waals surface area contributed by atoms with Crippen LogP contribution in [0.1, 0.15) is 19.4 Å². The molecule has 1 aliphatic rings. The van der Waals surface area contributed by atoms with Crippen molar-refractivity contribution in [1.82, 2.24) is 20.2 Å². The number of rotatable bonds is 4. The van der Waals surface area contributed by atoms with Gasteiger partial charge in [0.25, 0.3) is 0 Å². The molecule has 2 N–H and O–H groups in total. The van der Waals surface area contributed by atoms with Crippen LogP contribution < -0.4 is 5.32 Å². The van der Waals surface area contributed by atoms with Crippen LogP contribution in [0.15, 0.2) is 30.6 Å². The lowest BCUT2D eigenvalue weighted by Gasteiger charge is -2.27. The number of fused-ring (bicyclic) bond motifs is 1. The van der Waals surface area contributed by atoms with Crippen molar-refractivity contribution < 1.29 is 4.79 Å². The zero-order valence-corrected chi connectivity index (χ0v) is 13.1. The van der Waals surface area contributed by atoms with E-state index in [-0.39, 0.29) is 11.8 Å². The molecule has 0 radical (unpaired) electrons. The molecule has 3 heterocycles. The third-order valence-electron chi connectivity index (χ3n) is 4.27. The van der Waals surface area contributed by atoms with E-state index < -0.39 is 0 Å². The Balaban J connectivity index is 1.92. The summed E-state index contributed by atoms with van der Waals surface area (Å²) in [6.45, 7) is 7.04. The molecule has 0 unspecified atom stereocenters. The lowest BCUT2D eigenvalue weighted by Crippen LogP contribution is -2.41. The van der Waals surface area contributed by atoms with E-state index >= 15 is 0 Å². The molecule has 3 rings (SSSR count). The molecule has 0 saturated heterocycles. The van der Waals surface area contributed by atoms with E-state index in [1.54, 1.807) is 6.20 Å². The maximum atomic E-state index is 12.6. The van der Waals surface area contributed by atoms with Crippen LogP contribution in [0, 0.1) is 5.92 Å². The third kappa shape index (κ3) is 2.64. The Hall–Kier alpha value is -2.14. The summed E-state index contributed by atoms with van der Waals surface area (Å²) in [5, 5.41) is 4.48. The highest BCUT2D eigenvalue weighted by molar-refractivity contribution is 5.93. The number of aromatic amines is 1. The van der Waals surface area contributed by atoms with Gasteiger partial charge in [0.15, 0.2) is 0 Å². The molecule has 5 nitrogen and oxygen atoms in total. The molecule has 1 aliphatic heterocycles. The van der Waals surface area contributed by atoms with Gasteiger partial charge < -0.3 is 15.2 Å². The smallest absolute Gasteiger partial charge is 0.230 e. The summed E-state index contributed by atoms with van der Waals surface area (Å²) in [6, 6.07) is 4.00. The summed E-state index contributed by atoms with van der Waals surface area (Å²) in [7, 11) is 0. The monoisotopic (exact) mass is 298 g/mol. The van der Waals surface area contributed by atoms with E-state index in [9.17, 15) is 4.79 Å². The molecule has 2 aromatic rings. The van der Waals surface area contributed by atoms with E-state index in [4.69, 9.17) is 0 Å². The van der Waals surface area contributed by atoms with Crippen molar-refractivity contribution in [3.8, 4) is 0 Å². The third-order valence-corrected chi connectivity index (χ3v) is 4.27. The molecule has 0 fully saturated rings. The number of hydrogen-bond donors (Lipinski definition) is 2. The fourth-order valence-corrected chi connectivity index (χ4v) is 3.06. The van der Waals surface area contributed by atoms with Gasteiger partial charge in [0.1, 0.15) is 5.65 Å². The Bertz CT molecular complexity index is 700. The molecule has 22 heavy (non-hydrogen) atoms. The molecule has 1 atom stereocenters. The Morgan fingerprint density at radius 1 is 1.41 bits per heavy atom. The lowest BCUT2D eigenvalue weighted by molar-refractivity contribution is -0.133. The number of hydrogen-bond acceptors (Lipinski definition) is 3. The van der Waals surface area contributed by atoms with Crippen LogP contribution in [0.25, 0.3) is 16.6 Å². The predicted octanol–water partition coefficient (Wildman–Crippen LogP) is 2.03. The first kappa shape index (κ1) is 14.8. The largest absolute Gasteiger partial charge is 0.346 e. The van der Waals surface area contributed by atoms with E-state index in [0.717, 1.165) is 41.8 Å². The van der Waals surface area contributed by atoms with Gasteiger partial charge in [-0.3, -0.25) is 4.79 Å². The maximum Gasteiger partial charge on any atom is 0.230 e. The number of pyridine rings is 1. The van der Waals surface area contributed by atoms with Crippen molar-refractivity contribution in [3.05, 3.63) is 36.2 Å². The van der Waals surface area contributed by atoms with Crippen molar-refractivity contribution in [2.24, 2.45) is 5.92 Å². The van der Waals surface area contributed by atoms with Crippen LogP contribution in [-0.4, -0.2) is 47.0 Å². The van der Waals surface area contributed by atoms with Crippen molar-refractivity contribution in [1.29, 1.82) is 0 Å². The second-order valence-corrected chi connectivity index (χ2v) is 5.54. The summed E-state index contributed by atoms with van der Waals surface area (Å²) in [5.41, 5.74) is 3.18. The summed E-state index contributed by atoms with van der Waals surface area (Å²) >= 11 is 0. The number of carbonyl (C=O) groups excluding carboxylic acids is 1. The van der Waals surface area contributed by atoms with Gasteiger partial charge in [-0.15, -0.1) is 0 Å². The highest BCUT2D eigenvalue weighted by Crippen LogP contribution is 2.26. The molecule has 0 aliphatic carbocycles. The van der Waals surface area contributed by atoms with Gasteiger partial charge in [-0.2, -0.15) is 0 Å². The minimum Gasteiger partial charge on any atom is -0.346 e. The fourth-order valence-electron chi connectivity index (χ4n) is 3.06. The molecule has 0 bridgehead atoms. The molecular weight excluding hydrogens is 276 g/mol. The fraction of sp³-hybridized carbons (Fsp3) is 0.412. The number of carbonyl (C=O) groups is 1. The van der Waals surface area contributed by atoms with E-state index in [1.807, 2.05) is 31.0 Å². The number of nitrogens with zero attached hydrogens (tertiary/aromatic N) is 2. The lowest BCUT2D eigenvalue weighted by atomic mass is 9.95. The summed E-state index contributed by atoms with van der Waals surface area (Å²) in [6.07, 6.45) is 5.88. The molecular formula is C17H22N4O. The molecule has 0 saturated carbocycles. The standard InChI is InChI=1S/C17H22N4O/c1-3-21(4-2)17(22)13-8-12(9-18-10-13)15-11-20-16-14(15)6-5-7-19-16/h5-8,11,13,18H,3-4,9-10H2,1-2H3,(H,19,20)/t13-/m1/s1. The molecule has 0 aromatic carbocycles. The maximum absolute atomic E-state index is 12.6. The Morgan fingerprint density at radius 2 is 2.23 bits per heavy atom. The molecule has 5 heteroatoms. The highest BCUT2D eigenvalue weighted by atomic mass is 16.2. The quantitative estimate of drug-likeness (QED) is 0.908. The second-order valence-electron chi connectivity index (χ2n) is 5.54. The van der Waals surface area contributed by atoms with E-state index in [0.29, 0.717) is 6.54 Å². The number of aromatic nitrogens is 2. The second kappa shape index (κ2) is 6.32. The van der Waals surface area contributed by atoms with Crippen molar-refractivity contribution in [3.63, 3.8) is 0 Å². The van der Waals surface area contributed by atoms with Crippen LogP contribution in [0.5, 0.6) is 0 Å². The van der Waals surface area contributed by atoms with Gasteiger partial charge in [-0.1, -0.05) is 6.08 Å². The first-order valence-electron chi connectivity index (χ1n) is 7.87. The van der Waals surface area contributed by atoms with Gasteiger partial charge in [-0.25, -0.2) is 4.98 Å². The normalized spacial score (nSPS) is 18.3. The Morgan fingerprint density at radius 3 is 3.00 bits per heavy atom. The highest BCUT2D eigenvalue weighted by Gasteiger charge is 2.25. The van der Waals surface area contributed by atoms with Crippen molar-refractivity contribution in [2.75, 3.05) is 26.2 Å². The van der Waals surface area contributed by atoms with Gasteiger partial charge >= 0.3 is 0 Å². The van der Waals surface area contributed by atoms with Crippen LogP contribution in [0.3, 0.4) is 0 Å². The SMILES string of the molecule is CCN(CC)C(=O)[C@@H]1C=C(c2c[nH]c3ncccc23)CNC1. The summed E-state index contributed by atoms with van der Waals surface area (Å²) < 4.78 is 0. The summed E-state index contributed by atoms with van der Waals surface area (Å²) in [4.78, 5) is 22.0. The number of H-pyrrole nitrogens is 1. The minimum absolute atomic E-state index is 0.0923. The molecule has 0 spiro atoms. The van der Waals surface area contributed by atoms with Gasteiger partial charge in [-0.05, 0) is 31.6 Å². The minimum atomic E-state index is -0.0923. The van der Waals surface area contributed by atoms with E-state index in [2.05, 4.69) is 27.4 Å². The zero-order valence-electron chi connectivity index (χ0n) is 13.1. The average Bonchev–Trinajstić information content (AvgIpc) is 3.00. The summed E-state index contributed by atoms with van der Waals surface area (Å²) in [5.74, 6) is 0.109. The van der Waals surface area contributed by atoms with Crippen molar-refractivity contribution >= 4 is 22.5 Å². The van der Waals surface area contributed by atoms with Crippen LogP contribution in [0.2, 0.25) is 0 Å². The predicted molar refractivity (Wildman–Crippen MR) is 88.4 cm³/mol. The first-order chi connectivity index (χ1) is 10.7. The number of amides is 1. The topological polar surface area (TPSA) is 61.0 Å². The first-order valence-corrected chi connectivity index (χ1v) is 7.87. The van der Waals surface area contributed by atoms with Crippen LogP contribution in [0.4, 0.5) is 0 Å². The van der Waals surface area contributed by atoms with Gasteiger partial charge in [0.05, 0.1) is 5.92 Å². The van der Waals surface area contributed by atoms with Crippen LogP contribution >= 0.6 is 0 Å². The molecule has 1 amide bonds. The van der Waals surface area contributed by atoms with Gasteiger partial charge in [0.2, 0.25) is 5.91 Å². The Kier molecular flexibility index (Phi) is 4.24. The molecule has 2 aromatic heterocycles. The van der Waals surface area contributed by atoms with Crippen LogP contribution in [-0.2, 0) is 4.79 Å². The van der Waals surface area contributed by atoms with E-state index in [1.165, 1.54) is 0 Å². The number of nitrogens with one attached hydrogen (secondary N) is 2. The van der Waals surface area contributed by atoms with Crippen molar-refractivity contribution in [2.45, 2.75) is 13.8 Å². The molecule has 116 valence electrons. The average molecular weight is 298 g/mol. The Labute approximate surface area is 130 Å².